The number of fused-ring (bicyclic) bond motifs is 1. The minimum Gasteiger partial charge on any atom is -0.490 e. The summed E-state index contributed by atoms with van der Waals surface area (Å²) in [6.07, 6.45) is 4.02. The maximum atomic E-state index is 11.2. The fraction of sp³-hybridized carbons (Fsp3) is 0.467. The minimum absolute atomic E-state index is 0.134. The second-order valence-electron chi connectivity index (χ2n) is 5.35. The molecule has 0 N–H and O–H groups in total. The summed E-state index contributed by atoms with van der Waals surface area (Å²) < 4.78 is 30.2. The van der Waals surface area contributed by atoms with Crippen molar-refractivity contribution in [2.24, 2.45) is 0 Å². The molecule has 20 heavy (non-hydrogen) atoms. The number of ether oxygens (including phenoxy) is 1. The zero-order valence-electron chi connectivity index (χ0n) is 12.2. The molecule has 1 aromatic carbocycles. The Morgan fingerprint density at radius 2 is 2.00 bits per heavy atom. The van der Waals surface area contributed by atoms with Gasteiger partial charge in [-0.05, 0) is 38.5 Å². The van der Waals surface area contributed by atoms with Crippen molar-refractivity contribution in [2.45, 2.75) is 32.9 Å². The lowest BCUT2D eigenvalue weighted by atomic mass is 10.2. The normalized spacial score (nSPS) is 12.2. The standard InChI is InChI=1S/C15H21NO3S/c1-12(2)19-15-7-4-6-14-13(15)8-10-16(14)9-5-11-20(3,17)18/h4,6-8,10,12H,5,9,11H2,1-3H3. The largest absolute Gasteiger partial charge is 0.490 e. The summed E-state index contributed by atoms with van der Waals surface area (Å²) in [6.45, 7) is 4.70. The van der Waals surface area contributed by atoms with Gasteiger partial charge in [-0.25, -0.2) is 8.42 Å². The van der Waals surface area contributed by atoms with E-state index in [1.54, 1.807) is 0 Å². The molecule has 0 saturated carbocycles. The minimum atomic E-state index is -2.89. The van der Waals surface area contributed by atoms with E-state index in [2.05, 4.69) is 4.57 Å². The maximum absolute atomic E-state index is 11.2. The van der Waals surface area contributed by atoms with Crippen LogP contribution in [-0.4, -0.2) is 31.1 Å². The molecule has 0 aliphatic carbocycles. The summed E-state index contributed by atoms with van der Waals surface area (Å²) >= 11 is 0. The molecule has 0 bridgehead atoms. The highest BCUT2D eigenvalue weighted by Crippen LogP contribution is 2.27. The summed E-state index contributed by atoms with van der Waals surface area (Å²) in [5, 5.41) is 1.07. The third-order valence-corrected chi connectivity index (χ3v) is 4.08. The van der Waals surface area contributed by atoms with Crippen molar-refractivity contribution in [3.63, 3.8) is 0 Å². The predicted octanol–water partition coefficient (Wildman–Crippen LogP) is 2.86. The van der Waals surface area contributed by atoms with E-state index in [0.29, 0.717) is 13.0 Å². The van der Waals surface area contributed by atoms with E-state index in [4.69, 9.17) is 4.74 Å². The highest BCUT2D eigenvalue weighted by Gasteiger charge is 2.08. The Morgan fingerprint density at radius 1 is 1.25 bits per heavy atom. The van der Waals surface area contributed by atoms with E-state index in [0.717, 1.165) is 16.7 Å². The highest BCUT2D eigenvalue weighted by molar-refractivity contribution is 7.90. The summed E-state index contributed by atoms with van der Waals surface area (Å²) in [5.74, 6) is 1.09. The van der Waals surface area contributed by atoms with Crippen LogP contribution in [-0.2, 0) is 16.4 Å². The van der Waals surface area contributed by atoms with Crippen LogP contribution >= 0.6 is 0 Å². The first-order chi connectivity index (χ1) is 9.37. The molecule has 0 radical (unpaired) electrons. The van der Waals surface area contributed by atoms with Gasteiger partial charge >= 0.3 is 0 Å². The van der Waals surface area contributed by atoms with Gasteiger partial charge in [-0.15, -0.1) is 0 Å². The number of aromatic nitrogens is 1. The van der Waals surface area contributed by atoms with Crippen molar-refractivity contribution >= 4 is 20.7 Å². The van der Waals surface area contributed by atoms with Gasteiger partial charge in [0.2, 0.25) is 0 Å². The Balaban J connectivity index is 2.20. The molecular formula is C15H21NO3S. The van der Waals surface area contributed by atoms with Crippen LogP contribution in [0.3, 0.4) is 0 Å². The van der Waals surface area contributed by atoms with E-state index < -0.39 is 9.84 Å². The molecule has 110 valence electrons. The monoisotopic (exact) mass is 295 g/mol. The van der Waals surface area contributed by atoms with Crippen LogP contribution in [0.1, 0.15) is 20.3 Å². The number of hydrogen-bond donors (Lipinski definition) is 0. The smallest absolute Gasteiger partial charge is 0.147 e. The summed E-state index contributed by atoms with van der Waals surface area (Å²) in [7, 11) is -2.89. The molecule has 0 spiro atoms. The number of rotatable bonds is 6. The zero-order valence-corrected chi connectivity index (χ0v) is 13.0. The second kappa shape index (κ2) is 5.87. The van der Waals surface area contributed by atoms with E-state index in [9.17, 15) is 8.42 Å². The summed E-state index contributed by atoms with van der Waals surface area (Å²) in [5.41, 5.74) is 1.08. The van der Waals surface area contributed by atoms with Crippen LogP contribution in [0.25, 0.3) is 10.9 Å². The summed E-state index contributed by atoms with van der Waals surface area (Å²) in [6, 6.07) is 7.98. The number of nitrogens with zero attached hydrogens (tertiary/aromatic N) is 1. The van der Waals surface area contributed by atoms with E-state index in [-0.39, 0.29) is 11.9 Å². The Labute approximate surface area is 120 Å². The first-order valence-corrected chi connectivity index (χ1v) is 8.85. The van der Waals surface area contributed by atoms with Crippen LogP contribution < -0.4 is 4.74 Å². The van der Waals surface area contributed by atoms with Crippen LogP contribution in [0.2, 0.25) is 0 Å². The second-order valence-corrected chi connectivity index (χ2v) is 7.61. The van der Waals surface area contributed by atoms with Gasteiger partial charge in [0.15, 0.2) is 0 Å². The lowest BCUT2D eigenvalue weighted by Crippen LogP contribution is -2.07. The molecule has 2 aromatic rings. The average Bonchev–Trinajstić information content (AvgIpc) is 2.71. The number of hydrogen-bond acceptors (Lipinski definition) is 3. The van der Waals surface area contributed by atoms with Gasteiger partial charge < -0.3 is 9.30 Å². The average molecular weight is 295 g/mol. The van der Waals surface area contributed by atoms with Gasteiger partial charge in [0.05, 0.1) is 17.4 Å². The van der Waals surface area contributed by atoms with Gasteiger partial charge in [0, 0.05) is 24.4 Å². The van der Waals surface area contributed by atoms with Crippen molar-refractivity contribution in [2.75, 3.05) is 12.0 Å². The summed E-state index contributed by atoms with van der Waals surface area (Å²) in [4.78, 5) is 0. The Morgan fingerprint density at radius 3 is 2.65 bits per heavy atom. The van der Waals surface area contributed by atoms with Gasteiger partial charge in [-0.2, -0.15) is 0 Å². The molecule has 0 saturated heterocycles. The molecule has 0 amide bonds. The molecular weight excluding hydrogens is 274 g/mol. The molecule has 0 aliphatic heterocycles. The molecule has 0 fully saturated rings. The van der Waals surface area contributed by atoms with E-state index in [1.807, 2.05) is 44.3 Å². The van der Waals surface area contributed by atoms with Crippen LogP contribution in [0.4, 0.5) is 0 Å². The molecule has 4 nitrogen and oxygen atoms in total. The Kier molecular flexibility index (Phi) is 4.38. The fourth-order valence-electron chi connectivity index (χ4n) is 2.24. The lowest BCUT2D eigenvalue weighted by molar-refractivity contribution is 0.245. The number of sulfone groups is 1. The van der Waals surface area contributed by atoms with Gasteiger partial charge in [0.25, 0.3) is 0 Å². The van der Waals surface area contributed by atoms with Crippen LogP contribution in [0, 0.1) is 0 Å². The predicted molar refractivity (Wildman–Crippen MR) is 82.0 cm³/mol. The van der Waals surface area contributed by atoms with Gasteiger partial charge in [-0.1, -0.05) is 6.07 Å². The fourth-order valence-corrected chi connectivity index (χ4v) is 2.90. The molecule has 2 rings (SSSR count). The zero-order chi connectivity index (χ0) is 14.8. The molecule has 0 unspecified atom stereocenters. The van der Waals surface area contributed by atoms with Crippen molar-refractivity contribution in [3.05, 3.63) is 30.5 Å². The Bertz CT molecular complexity index is 686. The number of benzene rings is 1. The van der Waals surface area contributed by atoms with Crippen molar-refractivity contribution in [3.8, 4) is 5.75 Å². The number of aryl methyl sites for hydroxylation is 1. The van der Waals surface area contributed by atoms with Crippen molar-refractivity contribution < 1.29 is 13.2 Å². The lowest BCUT2D eigenvalue weighted by Gasteiger charge is -2.11. The molecule has 0 aliphatic rings. The molecule has 1 heterocycles. The Hall–Kier alpha value is -1.49. The van der Waals surface area contributed by atoms with Gasteiger partial charge in [-0.3, -0.25) is 0 Å². The topological polar surface area (TPSA) is 48.3 Å². The first-order valence-electron chi connectivity index (χ1n) is 6.79. The molecule has 5 heteroatoms. The van der Waals surface area contributed by atoms with Gasteiger partial charge in [0.1, 0.15) is 15.6 Å². The third kappa shape index (κ3) is 3.76. The van der Waals surface area contributed by atoms with Crippen molar-refractivity contribution in [1.29, 1.82) is 0 Å². The van der Waals surface area contributed by atoms with E-state index in [1.165, 1.54) is 6.26 Å². The van der Waals surface area contributed by atoms with Crippen molar-refractivity contribution in [1.82, 2.24) is 4.57 Å². The quantitative estimate of drug-likeness (QED) is 0.823. The maximum Gasteiger partial charge on any atom is 0.147 e. The molecule has 1 aromatic heterocycles. The van der Waals surface area contributed by atoms with Crippen LogP contribution in [0.5, 0.6) is 5.75 Å². The third-order valence-electron chi connectivity index (χ3n) is 3.05. The van der Waals surface area contributed by atoms with Crippen LogP contribution in [0.15, 0.2) is 30.5 Å². The molecule has 0 atom stereocenters. The van der Waals surface area contributed by atoms with E-state index >= 15 is 0 Å². The highest BCUT2D eigenvalue weighted by atomic mass is 32.2. The first kappa shape index (κ1) is 14.9. The SMILES string of the molecule is CC(C)Oc1cccc2c1ccn2CCCS(C)(=O)=O.